The molecule has 0 saturated carbocycles. The smallest absolute Gasteiger partial charge is 0.116 e. The molecule has 0 saturated heterocycles. The molecule has 1 aliphatic rings. The monoisotopic (exact) mass is 214 g/mol. The molecule has 2 heteroatoms. The fourth-order valence-electron chi connectivity index (χ4n) is 2.43. The topological polar surface area (TPSA) is 27.0 Å². The van der Waals surface area contributed by atoms with E-state index in [1.165, 1.54) is 24.1 Å². The first-order valence-corrected chi connectivity index (χ1v) is 6.11. The summed E-state index contributed by atoms with van der Waals surface area (Å²) in [6.07, 6.45) is 4.46. The lowest BCUT2D eigenvalue weighted by Crippen LogP contribution is -2.34. The summed E-state index contributed by atoms with van der Waals surface area (Å²) in [7, 11) is 0. The van der Waals surface area contributed by atoms with E-state index in [0.717, 1.165) is 19.4 Å². The molecule has 0 spiro atoms. The van der Waals surface area contributed by atoms with Gasteiger partial charge in [-0.05, 0) is 37.3 Å². The second-order valence-corrected chi connectivity index (χ2v) is 4.33. The van der Waals surface area contributed by atoms with Gasteiger partial charge in [-0.25, -0.2) is 0 Å². The Balaban J connectivity index is 2.36. The number of fused-ring (bicyclic) bond motifs is 1. The van der Waals surface area contributed by atoms with Crippen molar-refractivity contribution in [2.75, 3.05) is 11.4 Å². The maximum Gasteiger partial charge on any atom is 0.116 e. The summed E-state index contributed by atoms with van der Waals surface area (Å²) in [4.78, 5) is 2.28. The summed E-state index contributed by atoms with van der Waals surface area (Å²) in [5.41, 5.74) is 2.67. The molecule has 0 aliphatic carbocycles. The van der Waals surface area contributed by atoms with Gasteiger partial charge in [-0.3, -0.25) is 0 Å². The maximum absolute atomic E-state index is 9.20. The van der Waals surface area contributed by atoms with Crippen LogP contribution in [0, 0.1) is 11.3 Å². The normalized spacial score (nSPS) is 17.1. The van der Waals surface area contributed by atoms with Crippen molar-refractivity contribution in [2.45, 2.75) is 38.6 Å². The molecular formula is C14H18N2. The van der Waals surface area contributed by atoms with Crippen LogP contribution in [0.15, 0.2) is 24.3 Å². The van der Waals surface area contributed by atoms with Crippen molar-refractivity contribution in [3.05, 3.63) is 29.8 Å². The van der Waals surface area contributed by atoms with Crippen molar-refractivity contribution in [1.82, 2.24) is 0 Å². The third kappa shape index (κ3) is 2.04. The first-order chi connectivity index (χ1) is 7.86. The molecule has 0 fully saturated rings. The molecule has 0 aromatic heterocycles. The third-order valence-electron chi connectivity index (χ3n) is 3.31. The number of anilines is 1. The highest BCUT2D eigenvalue weighted by Crippen LogP contribution is 2.28. The highest BCUT2D eigenvalue weighted by Gasteiger charge is 2.20. The fraction of sp³-hybridized carbons (Fsp3) is 0.500. The minimum atomic E-state index is 0.0271. The molecule has 0 amide bonds. The second kappa shape index (κ2) is 5.03. The Kier molecular flexibility index (Phi) is 3.46. The minimum absolute atomic E-state index is 0.0271. The number of rotatable bonds is 2. The predicted octanol–water partition coefficient (Wildman–Crippen LogP) is 3.13. The van der Waals surface area contributed by atoms with Crippen LogP contribution in [0.5, 0.6) is 0 Å². The summed E-state index contributed by atoms with van der Waals surface area (Å²) in [6, 6.07) is 11.0. The quantitative estimate of drug-likeness (QED) is 0.756. The highest BCUT2D eigenvalue weighted by atomic mass is 15.2. The van der Waals surface area contributed by atoms with Crippen LogP contribution in [0.2, 0.25) is 0 Å². The first-order valence-electron chi connectivity index (χ1n) is 6.11. The standard InChI is InChI=1S/C14H18N2/c1-2-13(11-15)16-10-6-5-8-12-7-3-4-9-14(12)16/h3-4,7,9,13H,2,5-6,8,10H2,1H3. The Morgan fingerprint density at radius 3 is 2.94 bits per heavy atom. The zero-order valence-electron chi connectivity index (χ0n) is 9.82. The van der Waals surface area contributed by atoms with Gasteiger partial charge in [0.1, 0.15) is 6.04 Å². The lowest BCUT2D eigenvalue weighted by molar-refractivity contribution is 0.647. The van der Waals surface area contributed by atoms with Crippen LogP contribution in [0.3, 0.4) is 0 Å². The Morgan fingerprint density at radius 1 is 1.38 bits per heavy atom. The van der Waals surface area contributed by atoms with Crippen LogP contribution >= 0.6 is 0 Å². The Labute approximate surface area is 97.5 Å². The number of hydrogen-bond donors (Lipinski definition) is 0. The largest absolute Gasteiger partial charge is 0.355 e. The lowest BCUT2D eigenvalue weighted by atomic mass is 10.1. The fourth-order valence-corrected chi connectivity index (χ4v) is 2.43. The van der Waals surface area contributed by atoms with E-state index in [-0.39, 0.29) is 6.04 Å². The van der Waals surface area contributed by atoms with E-state index < -0.39 is 0 Å². The van der Waals surface area contributed by atoms with Crippen molar-refractivity contribution in [3.8, 4) is 6.07 Å². The van der Waals surface area contributed by atoms with Crippen LogP contribution in [-0.4, -0.2) is 12.6 Å². The van der Waals surface area contributed by atoms with Crippen molar-refractivity contribution in [1.29, 1.82) is 5.26 Å². The van der Waals surface area contributed by atoms with Gasteiger partial charge in [0.15, 0.2) is 0 Å². The Morgan fingerprint density at radius 2 is 2.19 bits per heavy atom. The van der Waals surface area contributed by atoms with E-state index in [0.29, 0.717) is 0 Å². The van der Waals surface area contributed by atoms with E-state index in [4.69, 9.17) is 0 Å². The van der Waals surface area contributed by atoms with Gasteiger partial charge in [0.25, 0.3) is 0 Å². The van der Waals surface area contributed by atoms with Crippen molar-refractivity contribution < 1.29 is 0 Å². The molecule has 1 aromatic rings. The molecule has 84 valence electrons. The third-order valence-corrected chi connectivity index (χ3v) is 3.31. The SMILES string of the molecule is CCC(C#N)N1CCCCc2ccccc21. The van der Waals surface area contributed by atoms with Crippen molar-refractivity contribution in [2.24, 2.45) is 0 Å². The summed E-state index contributed by atoms with van der Waals surface area (Å²) in [5.74, 6) is 0. The molecule has 16 heavy (non-hydrogen) atoms. The average molecular weight is 214 g/mol. The van der Waals surface area contributed by atoms with Crippen molar-refractivity contribution >= 4 is 5.69 Å². The van der Waals surface area contributed by atoms with Crippen molar-refractivity contribution in [3.63, 3.8) is 0 Å². The number of nitrogens with zero attached hydrogens (tertiary/aromatic N) is 2. The number of hydrogen-bond acceptors (Lipinski definition) is 2. The van der Waals surface area contributed by atoms with Gasteiger partial charge < -0.3 is 4.90 Å². The Hall–Kier alpha value is -1.49. The summed E-state index contributed by atoms with van der Waals surface area (Å²) in [5, 5.41) is 9.20. The summed E-state index contributed by atoms with van der Waals surface area (Å²) in [6.45, 7) is 3.10. The number of nitriles is 1. The van der Waals surface area contributed by atoms with Gasteiger partial charge in [0.2, 0.25) is 0 Å². The Bertz CT molecular complexity index is 392. The van der Waals surface area contributed by atoms with Crippen LogP contribution in [0.1, 0.15) is 31.7 Å². The van der Waals surface area contributed by atoms with Gasteiger partial charge in [0, 0.05) is 12.2 Å². The summed E-state index contributed by atoms with van der Waals surface area (Å²) < 4.78 is 0. The molecule has 0 bridgehead atoms. The van der Waals surface area contributed by atoms with E-state index in [2.05, 4.69) is 42.2 Å². The second-order valence-electron chi connectivity index (χ2n) is 4.33. The predicted molar refractivity (Wildman–Crippen MR) is 66.4 cm³/mol. The van der Waals surface area contributed by atoms with Gasteiger partial charge in [0.05, 0.1) is 6.07 Å². The van der Waals surface area contributed by atoms with Crippen LogP contribution in [-0.2, 0) is 6.42 Å². The molecule has 1 aliphatic heterocycles. The van der Waals surface area contributed by atoms with Gasteiger partial charge in [-0.1, -0.05) is 25.1 Å². The van der Waals surface area contributed by atoms with Gasteiger partial charge in [-0.15, -0.1) is 0 Å². The number of aryl methyl sites for hydroxylation is 1. The number of benzene rings is 1. The van der Waals surface area contributed by atoms with E-state index in [1.54, 1.807) is 0 Å². The zero-order chi connectivity index (χ0) is 11.4. The molecule has 0 N–H and O–H groups in total. The van der Waals surface area contributed by atoms with Gasteiger partial charge >= 0.3 is 0 Å². The van der Waals surface area contributed by atoms with E-state index in [1.807, 2.05) is 0 Å². The average Bonchev–Trinajstić information content (AvgIpc) is 2.54. The van der Waals surface area contributed by atoms with E-state index >= 15 is 0 Å². The van der Waals surface area contributed by atoms with Crippen LogP contribution < -0.4 is 4.90 Å². The number of para-hydroxylation sites is 1. The highest BCUT2D eigenvalue weighted by molar-refractivity contribution is 5.56. The van der Waals surface area contributed by atoms with E-state index in [9.17, 15) is 5.26 Å². The molecule has 0 radical (unpaired) electrons. The molecule has 1 unspecified atom stereocenters. The molecule has 2 rings (SSSR count). The molecule has 2 nitrogen and oxygen atoms in total. The van der Waals surface area contributed by atoms with Crippen LogP contribution in [0.25, 0.3) is 0 Å². The summed E-state index contributed by atoms with van der Waals surface area (Å²) >= 11 is 0. The minimum Gasteiger partial charge on any atom is -0.355 e. The maximum atomic E-state index is 9.20. The molecule has 1 heterocycles. The molecule has 1 aromatic carbocycles. The molecule has 1 atom stereocenters. The zero-order valence-corrected chi connectivity index (χ0v) is 9.82. The van der Waals surface area contributed by atoms with Gasteiger partial charge in [-0.2, -0.15) is 5.26 Å². The first kappa shape index (κ1) is 11.0. The van der Waals surface area contributed by atoms with Crippen LogP contribution in [0.4, 0.5) is 5.69 Å². The lowest BCUT2D eigenvalue weighted by Gasteiger charge is -2.28. The molecular weight excluding hydrogens is 196 g/mol.